The zero-order valence-corrected chi connectivity index (χ0v) is 18.7. The Morgan fingerprint density at radius 1 is 1.06 bits per heavy atom. The number of hydrogen-bond acceptors (Lipinski definition) is 7. The van der Waals surface area contributed by atoms with Gasteiger partial charge in [-0.25, -0.2) is 9.78 Å². The van der Waals surface area contributed by atoms with E-state index in [2.05, 4.69) is 10.3 Å². The van der Waals surface area contributed by atoms with Gasteiger partial charge in [0.05, 0.1) is 16.3 Å². The minimum atomic E-state index is -0.614. The lowest BCUT2D eigenvalue weighted by Gasteiger charge is -2.08. The molecule has 0 radical (unpaired) electrons. The Kier molecular flexibility index (Phi) is 8.10. The topological polar surface area (TPSA) is 94.6 Å². The molecule has 0 atom stereocenters. The Labute approximate surface area is 190 Å². The molecular weight excluding hydrogens is 428 g/mol. The lowest BCUT2D eigenvalue weighted by atomic mass is 10.1. The molecule has 166 valence electrons. The number of aromatic nitrogens is 1. The van der Waals surface area contributed by atoms with E-state index in [-0.39, 0.29) is 18.3 Å². The zero-order chi connectivity index (χ0) is 22.9. The first kappa shape index (κ1) is 23.1. The Bertz CT molecular complexity index is 1090. The summed E-state index contributed by atoms with van der Waals surface area (Å²) >= 11 is 1.54. The molecule has 0 bridgehead atoms. The molecule has 7 nitrogen and oxygen atoms in total. The summed E-state index contributed by atoms with van der Waals surface area (Å²) in [7, 11) is 0. The van der Waals surface area contributed by atoms with Crippen LogP contribution in [0.25, 0.3) is 0 Å². The van der Waals surface area contributed by atoms with Crippen molar-refractivity contribution in [2.45, 2.75) is 33.3 Å². The monoisotopic (exact) mass is 452 g/mol. The second-order valence-electron chi connectivity index (χ2n) is 7.05. The van der Waals surface area contributed by atoms with Crippen molar-refractivity contribution in [3.63, 3.8) is 0 Å². The van der Waals surface area contributed by atoms with Crippen LogP contribution in [0.5, 0.6) is 5.75 Å². The number of thiazole rings is 1. The Balaban J connectivity index is 1.51. The van der Waals surface area contributed by atoms with Gasteiger partial charge in [0.15, 0.2) is 12.4 Å². The quantitative estimate of drug-likeness (QED) is 0.350. The van der Waals surface area contributed by atoms with Crippen LogP contribution in [0.15, 0.2) is 53.9 Å². The molecule has 2 aromatic carbocycles. The predicted molar refractivity (Wildman–Crippen MR) is 122 cm³/mol. The van der Waals surface area contributed by atoms with Crippen LogP contribution in [0, 0.1) is 6.92 Å². The van der Waals surface area contributed by atoms with Gasteiger partial charge in [-0.1, -0.05) is 13.0 Å². The molecular formula is C24H24N2O5S. The number of aryl methyl sites for hydroxylation is 1. The van der Waals surface area contributed by atoms with Gasteiger partial charge in [-0.3, -0.25) is 9.59 Å². The molecule has 32 heavy (non-hydrogen) atoms. The summed E-state index contributed by atoms with van der Waals surface area (Å²) in [5, 5.41) is 5.64. The smallest absolute Gasteiger partial charge is 0.338 e. The van der Waals surface area contributed by atoms with Gasteiger partial charge in [0.2, 0.25) is 5.91 Å². The number of nitrogens with one attached hydrogen (secondary N) is 1. The molecule has 1 N–H and O–H groups in total. The third-order valence-electron chi connectivity index (χ3n) is 4.43. The molecule has 3 aromatic rings. The highest BCUT2D eigenvalue weighted by atomic mass is 32.1. The normalized spacial score (nSPS) is 10.4. The van der Waals surface area contributed by atoms with E-state index in [9.17, 15) is 14.4 Å². The summed E-state index contributed by atoms with van der Waals surface area (Å²) < 4.78 is 10.9. The molecule has 0 fully saturated rings. The molecule has 0 aliphatic carbocycles. The number of amides is 1. The van der Waals surface area contributed by atoms with Gasteiger partial charge in [-0.15, -0.1) is 11.3 Å². The Hall–Kier alpha value is -3.52. The first-order chi connectivity index (χ1) is 15.4. The maximum atomic E-state index is 12.4. The molecule has 1 amide bonds. The van der Waals surface area contributed by atoms with Crippen molar-refractivity contribution >= 4 is 34.7 Å². The van der Waals surface area contributed by atoms with E-state index in [1.807, 2.05) is 19.2 Å². The fraction of sp³-hybridized carbons (Fsp3) is 0.250. The second-order valence-corrected chi connectivity index (χ2v) is 8.11. The first-order valence-corrected chi connectivity index (χ1v) is 11.1. The number of esters is 1. The number of carbonyl (C=O) groups is 3. The average Bonchev–Trinajstić information content (AvgIpc) is 3.21. The van der Waals surface area contributed by atoms with Gasteiger partial charge in [-0.2, -0.15) is 0 Å². The van der Waals surface area contributed by atoms with Gasteiger partial charge in [0.1, 0.15) is 12.4 Å². The Morgan fingerprint density at radius 3 is 2.53 bits per heavy atom. The summed E-state index contributed by atoms with van der Waals surface area (Å²) in [6, 6.07) is 13.1. The van der Waals surface area contributed by atoms with Crippen LogP contribution in [0.2, 0.25) is 0 Å². The summed E-state index contributed by atoms with van der Waals surface area (Å²) in [5.74, 6) is -0.515. The van der Waals surface area contributed by atoms with Crippen LogP contribution in [-0.4, -0.2) is 29.3 Å². The van der Waals surface area contributed by atoms with Crippen molar-refractivity contribution in [3.8, 4) is 5.75 Å². The summed E-state index contributed by atoms with van der Waals surface area (Å²) in [6.07, 6.45) is 1.20. The number of hydrogen-bond donors (Lipinski definition) is 1. The molecule has 8 heteroatoms. The average molecular weight is 453 g/mol. The molecule has 3 rings (SSSR count). The van der Waals surface area contributed by atoms with Gasteiger partial charge >= 0.3 is 5.97 Å². The highest BCUT2D eigenvalue weighted by molar-refractivity contribution is 7.09. The van der Waals surface area contributed by atoms with Crippen LogP contribution in [0.3, 0.4) is 0 Å². The molecule has 0 unspecified atom stereocenters. The zero-order valence-electron chi connectivity index (χ0n) is 17.9. The van der Waals surface area contributed by atoms with E-state index in [0.717, 1.165) is 17.1 Å². The fourth-order valence-electron chi connectivity index (χ4n) is 2.83. The van der Waals surface area contributed by atoms with E-state index in [4.69, 9.17) is 9.47 Å². The van der Waals surface area contributed by atoms with Gasteiger partial charge < -0.3 is 14.8 Å². The van der Waals surface area contributed by atoms with Gasteiger partial charge in [0, 0.05) is 23.1 Å². The number of nitrogens with zero attached hydrogens (tertiary/aromatic N) is 1. The summed E-state index contributed by atoms with van der Waals surface area (Å²) in [6.45, 7) is 3.76. The van der Waals surface area contributed by atoms with Crippen molar-refractivity contribution in [3.05, 3.63) is 75.7 Å². The lowest BCUT2D eigenvalue weighted by molar-refractivity contribution is -0.116. The number of carbonyl (C=O) groups excluding carboxylic acids is 3. The number of benzene rings is 2. The van der Waals surface area contributed by atoms with Crippen molar-refractivity contribution in [2.24, 2.45) is 0 Å². The Morgan fingerprint density at radius 2 is 1.84 bits per heavy atom. The number of anilines is 1. The van der Waals surface area contributed by atoms with Gasteiger partial charge in [0.25, 0.3) is 0 Å². The van der Waals surface area contributed by atoms with Crippen molar-refractivity contribution in [2.75, 3.05) is 11.9 Å². The van der Waals surface area contributed by atoms with Crippen molar-refractivity contribution in [1.29, 1.82) is 0 Å². The van der Waals surface area contributed by atoms with Crippen molar-refractivity contribution in [1.82, 2.24) is 4.98 Å². The van der Waals surface area contributed by atoms with Crippen LogP contribution >= 0.6 is 11.3 Å². The highest BCUT2D eigenvalue weighted by Gasteiger charge is 2.13. The summed E-state index contributed by atoms with van der Waals surface area (Å²) in [4.78, 5) is 40.7. The molecule has 0 aliphatic rings. The summed E-state index contributed by atoms with van der Waals surface area (Å²) in [5.41, 5.74) is 2.12. The van der Waals surface area contributed by atoms with Crippen LogP contribution < -0.4 is 10.1 Å². The van der Waals surface area contributed by atoms with E-state index in [1.165, 1.54) is 0 Å². The van der Waals surface area contributed by atoms with Crippen LogP contribution in [0.4, 0.5) is 5.69 Å². The van der Waals surface area contributed by atoms with Gasteiger partial charge in [-0.05, 0) is 55.8 Å². The standard InChI is InChI=1S/C24H24N2O5S/c1-3-5-23(28)26-19-10-8-17(9-11-19)22(27)14-31-24(29)18-6-4-7-21(12-18)30-13-20-15-32-16(2)25-20/h4,6-12,15H,3,5,13-14H2,1-2H3,(H,26,28). The maximum Gasteiger partial charge on any atom is 0.338 e. The first-order valence-electron chi connectivity index (χ1n) is 10.2. The molecule has 0 spiro atoms. The highest BCUT2D eigenvalue weighted by Crippen LogP contribution is 2.17. The predicted octanol–water partition coefficient (Wildman–Crippen LogP) is 4.81. The molecule has 0 saturated heterocycles. The van der Waals surface area contributed by atoms with E-state index in [0.29, 0.717) is 35.6 Å². The van der Waals surface area contributed by atoms with Crippen LogP contribution in [0.1, 0.15) is 51.2 Å². The number of rotatable bonds is 10. The molecule has 1 heterocycles. The minimum absolute atomic E-state index is 0.0755. The lowest BCUT2D eigenvalue weighted by Crippen LogP contribution is -2.15. The van der Waals surface area contributed by atoms with Crippen molar-refractivity contribution < 1.29 is 23.9 Å². The third kappa shape index (κ3) is 6.75. The minimum Gasteiger partial charge on any atom is -0.487 e. The molecule has 0 aliphatic heterocycles. The van der Waals surface area contributed by atoms with Crippen LogP contribution in [-0.2, 0) is 16.1 Å². The third-order valence-corrected chi connectivity index (χ3v) is 5.25. The SMILES string of the molecule is CCCC(=O)Nc1ccc(C(=O)COC(=O)c2cccc(OCc3csc(C)n3)c2)cc1. The second kappa shape index (κ2) is 11.2. The van der Waals surface area contributed by atoms with E-state index >= 15 is 0 Å². The maximum absolute atomic E-state index is 12.4. The molecule has 0 saturated carbocycles. The molecule has 1 aromatic heterocycles. The number of ether oxygens (including phenoxy) is 2. The number of Topliss-reactive ketones (excluding diaryl/α,β-unsaturated/α-hetero) is 1. The van der Waals surface area contributed by atoms with E-state index < -0.39 is 5.97 Å². The number of ketones is 1. The largest absolute Gasteiger partial charge is 0.487 e. The fourth-order valence-corrected chi connectivity index (χ4v) is 3.43. The van der Waals surface area contributed by atoms with E-state index in [1.54, 1.807) is 59.9 Å².